The van der Waals surface area contributed by atoms with Crippen LogP contribution in [-0.4, -0.2) is 45.6 Å². The van der Waals surface area contributed by atoms with Crippen molar-refractivity contribution in [2.45, 2.75) is 19.3 Å². The van der Waals surface area contributed by atoms with E-state index < -0.39 is 0 Å². The van der Waals surface area contributed by atoms with Crippen molar-refractivity contribution in [3.05, 3.63) is 12.2 Å². The predicted molar refractivity (Wildman–Crippen MR) is 58.7 cm³/mol. The highest BCUT2D eigenvalue weighted by Crippen LogP contribution is 2.20. The van der Waals surface area contributed by atoms with Crippen molar-refractivity contribution in [2.75, 3.05) is 19.6 Å². The Bertz CT molecular complexity index is 329. The number of nitrogens with one attached hydrogen (secondary N) is 1. The topological polar surface area (TPSA) is 87.9 Å². The van der Waals surface area contributed by atoms with Crippen molar-refractivity contribution in [1.29, 1.82) is 0 Å². The molecule has 1 aliphatic rings. The summed E-state index contributed by atoms with van der Waals surface area (Å²) in [5.41, 5.74) is 5.53. The lowest BCUT2D eigenvalue weighted by Gasteiger charge is -2.31. The fourth-order valence-corrected chi connectivity index (χ4v) is 2.12. The van der Waals surface area contributed by atoms with Gasteiger partial charge < -0.3 is 10.6 Å². The van der Waals surface area contributed by atoms with Crippen molar-refractivity contribution < 1.29 is 4.79 Å². The summed E-state index contributed by atoms with van der Waals surface area (Å²) in [6.45, 7) is 2.33. The molecule has 6 nitrogen and oxygen atoms in total. The quantitative estimate of drug-likeness (QED) is 0.755. The van der Waals surface area contributed by atoms with E-state index in [2.05, 4.69) is 15.2 Å². The van der Waals surface area contributed by atoms with E-state index in [1.165, 1.54) is 6.33 Å². The third kappa shape index (κ3) is 2.38. The zero-order chi connectivity index (χ0) is 11.4. The van der Waals surface area contributed by atoms with Crippen LogP contribution in [0.1, 0.15) is 29.9 Å². The molecule has 0 bridgehead atoms. The molecule has 0 aliphatic carbocycles. The number of nitrogens with zero attached hydrogens (tertiary/aromatic N) is 3. The molecule has 0 saturated carbocycles. The monoisotopic (exact) mass is 223 g/mol. The van der Waals surface area contributed by atoms with E-state index in [4.69, 9.17) is 5.73 Å². The van der Waals surface area contributed by atoms with Crippen LogP contribution >= 0.6 is 0 Å². The molecule has 2 heterocycles. The number of carbonyl (C=O) groups is 1. The normalized spacial score (nSPS) is 17.7. The SMILES string of the molecule is NCCC1CCN(C(=O)c2ncn[nH]2)CC1. The number of carbonyl (C=O) groups excluding carboxylic acids is 1. The van der Waals surface area contributed by atoms with Crippen LogP contribution in [0, 0.1) is 5.92 Å². The summed E-state index contributed by atoms with van der Waals surface area (Å²) >= 11 is 0. The molecule has 1 aliphatic heterocycles. The molecule has 88 valence electrons. The Morgan fingerprint density at radius 3 is 2.88 bits per heavy atom. The first kappa shape index (κ1) is 11.1. The largest absolute Gasteiger partial charge is 0.336 e. The second-order valence-electron chi connectivity index (χ2n) is 4.15. The predicted octanol–water partition coefficient (Wildman–Crippen LogP) is 0.00570. The molecule has 1 fully saturated rings. The summed E-state index contributed by atoms with van der Waals surface area (Å²) in [6, 6.07) is 0. The van der Waals surface area contributed by atoms with Crippen molar-refractivity contribution in [1.82, 2.24) is 20.1 Å². The second kappa shape index (κ2) is 5.07. The van der Waals surface area contributed by atoms with Gasteiger partial charge >= 0.3 is 0 Å². The number of likely N-dealkylation sites (tertiary alicyclic amines) is 1. The highest BCUT2D eigenvalue weighted by molar-refractivity contribution is 5.90. The summed E-state index contributed by atoms with van der Waals surface area (Å²) in [7, 11) is 0. The lowest BCUT2D eigenvalue weighted by atomic mass is 9.93. The molecule has 1 aromatic heterocycles. The first-order valence-corrected chi connectivity index (χ1v) is 5.66. The van der Waals surface area contributed by atoms with Gasteiger partial charge in [0, 0.05) is 13.1 Å². The van der Waals surface area contributed by atoms with Gasteiger partial charge in [-0.05, 0) is 31.7 Å². The van der Waals surface area contributed by atoms with E-state index in [0.717, 1.165) is 38.9 Å². The van der Waals surface area contributed by atoms with Crippen LogP contribution in [-0.2, 0) is 0 Å². The number of hydrogen-bond donors (Lipinski definition) is 2. The third-order valence-electron chi connectivity index (χ3n) is 3.09. The van der Waals surface area contributed by atoms with Gasteiger partial charge in [0.25, 0.3) is 5.91 Å². The summed E-state index contributed by atoms with van der Waals surface area (Å²) in [5, 5.41) is 6.28. The molecule has 16 heavy (non-hydrogen) atoms. The second-order valence-corrected chi connectivity index (χ2v) is 4.15. The van der Waals surface area contributed by atoms with Gasteiger partial charge in [-0.1, -0.05) is 0 Å². The fraction of sp³-hybridized carbons (Fsp3) is 0.700. The van der Waals surface area contributed by atoms with Crippen LogP contribution in [0.25, 0.3) is 0 Å². The summed E-state index contributed by atoms with van der Waals surface area (Å²) in [4.78, 5) is 17.6. The number of hydrogen-bond acceptors (Lipinski definition) is 4. The number of H-pyrrole nitrogens is 1. The summed E-state index contributed by atoms with van der Waals surface area (Å²) in [5.74, 6) is 0.949. The van der Waals surface area contributed by atoms with Gasteiger partial charge in [0.15, 0.2) is 0 Å². The molecule has 1 saturated heterocycles. The van der Waals surface area contributed by atoms with E-state index in [-0.39, 0.29) is 5.91 Å². The molecule has 0 atom stereocenters. The van der Waals surface area contributed by atoms with Gasteiger partial charge in [-0.25, -0.2) is 4.98 Å². The molecular weight excluding hydrogens is 206 g/mol. The molecule has 1 aromatic rings. The standard InChI is InChI=1S/C10H17N5O/c11-4-1-8-2-5-15(6-3-8)10(16)9-12-7-13-14-9/h7-8H,1-6,11H2,(H,12,13,14). The molecule has 0 unspecified atom stereocenters. The van der Waals surface area contributed by atoms with E-state index >= 15 is 0 Å². The summed E-state index contributed by atoms with van der Waals surface area (Å²) < 4.78 is 0. The lowest BCUT2D eigenvalue weighted by Crippen LogP contribution is -2.39. The van der Waals surface area contributed by atoms with Crippen LogP contribution < -0.4 is 5.73 Å². The summed E-state index contributed by atoms with van der Waals surface area (Å²) in [6.07, 6.45) is 4.49. The Balaban J connectivity index is 1.87. The van der Waals surface area contributed by atoms with Crippen molar-refractivity contribution >= 4 is 5.91 Å². The number of aromatic nitrogens is 3. The molecule has 1 amide bonds. The van der Waals surface area contributed by atoms with Gasteiger partial charge in [0.05, 0.1) is 0 Å². The maximum Gasteiger partial charge on any atom is 0.291 e. The minimum Gasteiger partial charge on any atom is -0.336 e. The first-order valence-electron chi connectivity index (χ1n) is 5.66. The molecule has 6 heteroatoms. The van der Waals surface area contributed by atoms with E-state index in [0.29, 0.717) is 11.7 Å². The minimum absolute atomic E-state index is 0.0521. The van der Waals surface area contributed by atoms with E-state index in [1.54, 1.807) is 0 Å². The van der Waals surface area contributed by atoms with Crippen LogP contribution in [0.3, 0.4) is 0 Å². The van der Waals surface area contributed by atoms with Gasteiger partial charge in [-0.15, -0.1) is 0 Å². The Morgan fingerprint density at radius 2 is 2.31 bits per heavy atom. The lowest BCUT2D eigenvalue weighted by molar-refractivity contribution is 0.0676. The molecule has 0 aromatic carbocycles. The van der Waals surface area contributed by atoms with E-state index in [1.807, 2.05) is 4.90 Å². The Labute approximate surface area is 94.2 Å². The fourth-order valence-electron chi connectivity index (χ4n) is 2.12. The smallest absolute Gasteiger partial charge is 0.291 e. The minimum atomic E-state index is -0.0521. The number of rotatable bonds is 3. The van der Waals surface area contributed by atoms with Gasteiger partial charge in [-0.3, -0.25) is 9.89 Å². The molecule has 3 N–H and O–H groups in total. The first-order chi connectivity index (χ1) is 7.81. The van der Waals surface area contributed by atoms with Crippen molar-refractivity contribution in [3.63, 3.8) is 0 Å². The van der Waals surface area contributed by atoms with Crippen LogP contribution in [0.2, 0.25) is 0 Å². The highest BCUT2D eigenvalue weighted by atomic mass is 16.2. The molecule has 0 radical (unpaired) electrons. The average molecular weight is 223 g/mol. The number of piperidine rings is 1. The van der Waals surface area contributed by atoms with Crippen LogP contribution in [0.5, 0.6) is 0 Å². The Morgan fingerprint density at radius 1 is 1.56 bits per heavy atom. The van der Waals surface area contributed by atoms with Crippen LogP contribution in [0.4, 0.5) is 0 Å². The molecule has 2 rings (SSSR count). The maximum absolute atomic E-state index is 11.9. The number of aromatic amines is 1. The van der Waals surface area contributed by atoms with Gasteiger partial charge in [0.2, 0.25) is 5.82 Å². The van der Waals surface area contributed by atoms with Gasteiger partial charge in [-0.2, -0.15) is 5.10 Å². The molecular formula is C10H17N5O. The third-order valence-corrected chi connectivity index (χ3v) is 3.09. The Kier molecular flexibility index (Phi) is 3.51. The van der Waals surface area contributed by atoms with Crippen molar-refractivity contribution in [3.8, 4) is 0 Å². The number of nitrogens with two attached hydrogens (primary N) is 1. The highest BCUT2D eigenvalue weighted by Gasteiger charge is 2.24. The average Bonchev–Trinajstić information content (AvgIpc) is 2.83. The zero-order valence-corrected chi connectivity index (χ0v) is 9.22. The maximum atomic E-state index is 11.9. The molecule has 0 spiro atoms. The Hall–Kier alpha value is -1.43. The zero-order valence-electron chi connectivity index (χ0n) is 9.22. The number of amides is 1. The van der Waals surface area contributed by atoms with E-state index in [9.17, 15) is 4.79 Å². The van der Waals surface area contributed by atoms with Gasteiger partial charge in [0.1, 0.15) is 6.33 Å². The van der Waals surface area contributed by atoms with Crippen LogP contribution in [0.15, 0.2) is 6.33 Å². The van der Waals surface area contributed by atoms with Crippen molar-refractivity contribution in [2.24, 2.45) is 11.7 Å².